The summed E-state index contributed by atoms with van der Waals surface area (Å²) in [6.45, 7) is 8.31. The predicted molar refractivity (Wildman–Crippen MR) is 137 cm³/mol. The molecule has 0 N–H and O–H groups in total. The lowest BCUT2D eigenvalue weighted by Crippen LogP contribution is -2.25. The second-order valence-electron chi connectivity index (χ2n) is 9.27. The van der Waals surface area contributed by atoms with Gasteiger partial charge in [-0.15, -0.1) is 0 Å². The van der Waals surface area contributed by atoms with Gasteiger partial charge in [-0.3, -0.25) is 4.79 Å². The van der Waals surface area contributed by atoms with Gasteiger partial charge < -0.3 is 14.2 Å². The van der Waals surface area contributed by atoms with Crippen molar-refractivity contribution in [3.8, 4) is 5.75 Å². The van der Waals surface area contributed by atoms with E-state index in [4.69, 9.17) is 9.72 Å². The van der Waals surface area contributed by atoms with Gasteiger partial charge in [0.2, 0.25) is 5.91 Å². The van der Waals surface area contributed by atoms with Gasteiger partial charge >= 0.3 is 0 Å². The third-order valence-electron chi connectivity index (χ3n) is 6.71. The summed E-state index contributed by atoms with van der Waals surface area (Å²) in [6, 6.07) is 22.6. The third kappa shape index (κ3) is 4.30. The first kappa shape index (κ1) is 22.2. The number of hydrogen-bond acceptors (Lipinski definition) is 3. The third-order valence-corrected chi connectivity index (χ3v) is 6.71. The standard InChI is InChI=1S/C29H31N3O2/c1-20-13-14-22(3)27(17-20)34-16-8-15-31-26-12-7-5-10-24(26)30-29(31)23-18-28(33)32(19-23)25-11-6-4-9-21(25)2/h4-7,9-14,17,23H,8,15-16,18-19H2,1-3H3. The Kier molecular flexibility index (Phi) is 6.10. The number of anilines is 1. The molecule has 4 aromatic rings. The maximum atomic E-state index is 13.0. The molecular formula is C29H31N3O2. The molecule has 5 heteroatoms. The molecule has 0 spiro atoms. The van der Waals surface area contributed by atoms with E-state index in [0.717, 1.165) is 52.4 Å². The van der Waals surface area contributed by atoms with Crippen molar-refractivity contribution in [3.05, 3.63) is 89.2 Å². The molecule has 0 aliphatic carbocycles. The molecule has 5 rings (SSSR count). The van der Waals surface area contributed by atoms with Crippen LogP contribution in [0.5, 0.6) is 5.75 Å². The lowest BCUT2D eigenvalue weighted by Gasteiger charge is -2.19. The largest absolute Gasteiger partial charge is 0.493 e. The van der Waals surface area contributed by atoms with Gasteiger partial charge in [-0.05, 0) is 68.1 Å². The lowest BCUT2D eigenvalue weighted by atomic mass is 10.1. The number of benzene rings is 3. The van der Waals surface area contributed by atoms with Crippen LogP contribution in [0.3, 0.4) is 0 Å². The summed E-state index contributed by atoms with van der Waals surface area (Å²) in [6.07, 6.45) is 1.35. The summed E-state index contributed by atoms with van der Waals surface area (Å²) in [7, 11) is 0. The number of hydrogen-bond donors (Lipinski definition) is 0. The van der Waals surface area contributed by atoms with E-state index in [1.807, 2.05) is 29.2 Å². The van der Waals surface area contributed by atoms with Gasteiger partial charge in [0.1, 0.15) is 11.6 Å². The van der Waals surface area contributed by atoms with E-state index in [1.54, 1.807) is 0 Å². The summed E-state index contributed by atoms with van der Waals surface area (Å²) >= 11 is 0. The topological polar surface area (TPSA) is 47.4 Å². The van der Waals surface area contributed by atoms with E-state index in [1.165, 1.54) is 5.56 Å². The monoisotopic (exact) mass is 453 g/mol. The molecule has 1 unspecified atom stereocenters. The highest BCUT2D eigenvalue weighted by Gasteiger charge is 2.35. The SMILES string of the molecule is Cc1ccc(C)c(OCCCn2c(C3CC(=O)N(c4ccccc4C)C3)nc3ccccc32)c1. The van der Waals surface area contributed by atoms with Gasteiger partial charge in [0.15, 0.2) is 0 Å². The van der Waals surface area contributed by atoms with Crippen molar-refractivity contribution in [1.29, 1.82) is 0 Å². The van der Waals surface area contributed by atoms with Crippen LogP contribution in [0.1, 0.15) is 41.3 Å². The van der Waals surface area contributed by atoms with Gasteiger partial charge in [-0.2, -0.15) is 0 Å². The van der Waals surface area contributed by atoms with Gasteiger partial charge in [-0.25, -0.2) is 4.98 Å². The van der Waals surface area contributed by atoms with Gasteiger partial charge in [0, 0.05) is 31.1 Å². The van der Waals surface area contributed by atoms with Gasteiger partial charge in [0.25, 0.3) is 0 Å². The van der Waals surface area contributed by atoms with E-state index in [9.17, 15) is 4.79 Å². The zero-order chi connectivity index (χ0) is 23.7. The quantitative estimate of drug-likeness (QED) is 0.325. The molecule has 174 valence electrons. The fourth-order valence-corrected chi connectivity index (χ4v) is 4.89. The minimum atomic E-state index is 0.0689. The Morgan fingerprint density at radius 2 is 1.76 bits per heavy atom. The van der Waals surface area contributed by atoms with Crippen LogP contribution in [-0.2, 0) is 11.3 Å². The van der Waals surface area contributed by atoms with Crippen molar-refractivity contribution >= 4 is 22.6 Å². The first-order chi connectivity index (χ1) is 16.5. The van der Waals surface area contributed by atoms with Crippen molar-refractivity contribution < 1.29 is 9.53 Å². The van der Waals surface area contributed by atoms with Crippen molar-refractivity contribution in [2.24, 2.45) is 0 Å². The normalized spacial score (nSPS) is 15.9. The zero-order valence-electron chi connectivity index (χ0n) is 20.1. The number of aromatic nitrogens is 2. The van der Waals surface area contributed by atoms with Crippen LogP contribution in [0.15, 0.2) is 66.7 Å². The first-order valence-electron chi connectivity index (χ1n) is 12.0. The second kappa shape index (κ2) is 9.34. The highest BCUT2D eigenvalue weighted by atomic mass is 16.5. The number of rotatable bonds is 7. The maximum absolute atomic E-state index is 13.0. The second-order valence-corrected chi connectivity index (χ2v) is 9.27. The van der Waals surface area contributed by atoms with Gasteiger partial charge in [-0.1, -0.05) is 42.5 Å². The van der Waals surface area contributed by atoms with Crippen LogP contribution in [0.2, 0.25) is 0 Å². The van der Waals surface area contributed by atoms with E-state index < -0.39 is 0 Å². The average Bonchev–Trinajstić information content (AvgIpc) is 3.39. The van der Waals surface area contributed by atoms with Crippen LogP contribution in [0.25, 0.3) is 11.0 Å². The number of nitrogens with zero attached hydrogens (tertiary/aromatic N) is 3. The molecule has 1 amide bonds. The van der Waals surface area contributed by atoms with Crippen molar-refractivity contribution in [1.82, 2.24) is 9.55 Å². The molecule has 3 aromatic carbocycles. The molecule has 0 radical (unpaired) electrons. The lowest BCUT2D eigenvalue weighted by molar-refractivity contribution is -0.117. The fraction of sp³-hybridized carbons (Fsp3) is 0.310. The van der Waals surface area contributed by atoms with Crippen molar-refractivity contribution in [2.75, 3.05) is 18.1 Å². The number of amides is 1. The van der Waals surface area contributed by atoms with Crippen LogP contribution in [0.4, 0.5) is 5.69 Å². The highest BCUT2D eigenvalue weighted by Crippen LogP contribution is 2.34. The maximum Gasteiger partial charge on any atom is 0.227 e. The molecule has 2 heterocycles. The van der Waals surface area contributed by atoms with Crippen LogP contribution >= 0.6 is 0 Å². The Hall–Kier alpha value is -3.60. The molecule has 5 nitrogen and oxygen atoms in total. The zero-order valence-corrected chi connectivity index (χ0v) is 20.1. The number of carbonyl (C=O) groups excluding carboxylic acids is 1. The smallest absolute Gasteiger partial charge is 0.227 e. The number of carbonyl (C=O) groups is 1. The molecule has 34 heavy (non-hydrogen) atoms. The van der Waals surface area contributed by atoms with Crippen molar-refractivity contribution in [2.45, 2.75) is 46.1 Å². The Morgan fingerprint density at radius 3 is 2.62 bits per heavy atom. The van der Waals surface area contributed by atoms with E-state index in [-0.39, 0.29) is 11.8 Å². The molecule has 1 aliphatic rings. The molecule has 1 fully saturated rings. The van der Waals surface area contributed by atoms with Crippen molar-refractivity contribution in [3.63, 3.8) is 0 Å². The van der Waals surface area contributed by atoms with Crippen LogP contribution in [-0.4, -0.2) is 28.6 Å². The molecule has 1 aliphatic heterocycles. The number of para-hydroxylation sites is 3. The summed E-state index contributed by atoms with van der Waals surface area (Å²) in [5.41, 5.74) is 6.57. The predicted octanol–water partition coefficient (Wildman–Crippen LogP) is 5.95. The summed E-state index contributed by atoms with van der Waals surface area (Å²) < 4.78 is 8.40. The molecule has 1 aromatic heterocycles. The highest BCUT2D eigenvalue weighted by molar-refractivity contribution is 5.97. The number of ether oxygens (including phenoxy) is 1. The molecule has 0 bridgehead atoms. The average molecular weight is 454 g/mol. The van der Waals surface area contributed by atoms with E-state index in [2.05, 4.69) is 67.8 Å². The molecule has 1 saturated heterocycles. The Bertz CT molecular complexity index is 1340. The molecule has 1 atom stereocenters. The Morgan fingerprint density at radius 1 is 0.971 bits per heavy atom. The van der Waals surface area contributed by atoms with E-state index in [0.29, 0.717) is 19.6 Å². The Labute approximate surface area is 201 Å². The number of aryl methyl sites for hydroxylation is 4. The van der Waals surface area contributed by atoms with Gasteiger partial charge in [0.05, 0.1) is 17.6 Å². The number of fused-ring (bicyclic) bond motifs is 1. The molecule has 0 saturated carbocycles. The molecular weight excluding hydrogens is 422 g/mol. The van der Waals surface area contributed by atoms with E-state index >= 15 is 0 Å². The van der Waals surface area contributed by atoms with Crippen LogP contribution < -0.4 is 9.64 Å². The Balaban J connectivity index is 1.36. The number of imidazole rings is 1. The summed E-state index contributed by atoms with van der Waals surface area (Å²) in [5.74, 6) is 2.18. The first-order valence-corrected chi connectivity index (χ1v) is 12.0. The minimum Gasteiger partial charge on any atom is -0.493 e. The summed E-state index contributed by atoms with van der Waals surface area (Å²) in [5, 5.41) is 0. The summed E-state index contributed by atoms with van der Waals surface area (Å²) in [4.78, 5) is 19.9. The van der Waals surface area contributed by atoms with Crippen LogP contribution in [0, 0.1) is 20.8 Å². The fourth-order valence-electron chi connectivity index (χ4n) is 4.89. The minimum absolute atomic E-state index is 0.0689.